The van der Waals surface area contributed by atoms with Crippen LogP contribution >= 0.6 is 11.3 Å². The van der Waals surface area contributed by atoms with Gasteiger partial charge in [-0.15, -0.1) is 11.3 Å². The Hall–Kier alpha value is -2.72. The molecule has 0 fully saturated rings. The molecule has 0 atom stereocenters. The fourth-order valence-electron chi connectivity index (χ4n) is 1.93. The Kier molecular flexibility index (Phi) is 4.55. The fourth-order valence-corrected chi connectivity index (χ4v) is 4.17. The van der Waals surface area contributed by atoms with Gasteiger partial charge in [-0.25, -0.2) is 12.8 Å². The summed E-state index contributed by atoms with van der Waals surface area (Å²) in [4.78, 5) is 12.1. The molecule has 0 saturated heterocycles. The highest BCUT2D eigenvalue weighted by molar-refractivity contribution is 7.92. The van der Waals surface area contributed by atoms with E-state index in [9.17, 15) is 17.6 Å². The summed E-state index contributed by atoms with van der Waals surface area (Å²) >= 11 is 0.942. The number of carbonyl (C=O) groups excluding carboxylic acids is 1. The number of sulfonamides is 1. The van der Waals surface area contributed by atoms with Crippen molar-refractivity contribution in [1.29, 1.82) is 0 Å². The fraction of sp³-hybridized carbons (Fsp3) is 0.0667. The van der Waals surface area contributed by atoms with Crippen LogP contribution in [0.3, 0.4) is 0 Å². The van der Waals surface area contributed by atoms with Gasteiger partial charge in [0.1, 0.15) is 11.6 Å². The Morgan fingerprint density at radius 2 is 2.04 bits per heavy atom. The van der Waals surface area contributed by atoms with Crippen LogP contribution in [0.5, 0.6) is 0 Å². The van der Waals surface area contributed by atoms with Crippen LogP contribution in [0.15, 0.2) is 51.2 Å². The number of benzene rings is 1. The SMILES string of the molecule is Cc1cc(NC(=O)c2cc(S(=O)(=O)Nc3ccccc3F)cs2)no1. The first kappa shape index (κ1) is 17.1. The maximum Gasteiger partial charge on any atom is 0.267 e. The van der Waals surface area contributed by atoms with Crippen molar-refractivity contribution < 1.29 is 22.1 Å². The summed E-state index contributed by atoms with van der Waals surface area (Å²) < 4.78 is 45.2. The zero-order chi connectivity index (χ0) is 18.0. The normalized spacial score (nSPS) is 11.3. The van der Waals surface area contributed by atoms with Crippen LogP contribution in [-0.2, 0) is 10.0 Å². The number of rotatable bonds is 5. The number of para-hydroxylation sites is 1. The molecule has 0 saturated carbocycles. The second-order valence-corrected chi connectivity index (χ2v) is 7.60. The number of nitrogens with one attached hydrogen (secondary N) is 2. The summed E-state index contributed by atoms with van der Waals surface area (Å²) in [5.41, 5.74) is -0.169. The zero-order valence-electron chi connectivity index (χ0n) is 12.8. The van der Waals surface area contributed by atoms with Gasteiger partial charge in [0.15, 0.2) is 5.82 Å². The summed E-state index contributed by atoms with van der Waals surface area (Å²) in [6.45, 7) is 1.67. The molecule has 2 aromatic heterocycles. The second kappa shape index (κ2) is 6.65. The van der Waals surface area contributed by atoms with Crippen molar-refractivity contribution in [3.63, 3.8) is 0 Å². The van der Waals surface area contributed by atoms with Crippen molar-refractivity contribution in [3.8, 4) is 0 Å². The summed E-state index contributed by atoms with van der Waals surface area (Å²) in [5.74, 6) is -0.463. The largest absolute Gasteiger partial charge is 0.360 e. The summed E-state index contributed by atoms with van der Waals surface area (Å²) in [5, 5.41) is 7.42. The summed E-state index contributed by atoms with van der Waals surface area (Å²) in [6, 6.07) is 8.14. The Morgan fingerprint density at radius 3 is 2.72 bits per heavy atom. The number of amides is 1. The predicted octanol–water partition coefficient (Wildman–Crippen LogP) is 3.24. The smallest absolute Gasteiger partial charge is 0.267 e. The zero-order valence-corrected chi connectivity index (χ0v) is 14.4. The van der Waals surface area contributed by atoms with Gasteiger partial charge >= 0.3 is 0 Å². The molecule has 0 aliphatic heterocycles. The molecule has 2 heterocycles. The third-order valence-electron chi connectivity index (χ3n) is 3.10. The highest BCUT2D eigenvalue weighted by Gasteiger charge is 2.20. The van der Waals surface area contributed by atoms with E-state index in [1.54, 1.807) is 6.92 Å². The molecule has 1 aromatic carbocycles. The number of thiophene rings is 1. The number of anilines is 2. The van der Waals surface area contributed by atoms with Crippen molar-refractivity contribution in [2.45, 2.75) is 11.8 Å². The van der Waals surface area contributed by atoms with Gasteiger partial charge in [-0.3, -0.25) is 9.52 Å². The van der Waals surface area contributed by atoms with Crippen LogP contribution in [0.4, 0.5) is 15.9 Å². The molecular formula is C15H12FN3O4S2. The molecule has 1 amide bonds. The minimum absolute atomic E-state index is 0.137. The number of aryl methyl sites for hydroxylation is 1. The van der Waals surface area contributed by atoms with Gasteiger partial charge in [0, 0.05) is 11.4 Å². The molecule has 3 aromatic rings. The number of hydrogen-bond donors (Lipinski definition) is 2. The lowest BCUT2D eigenvalue weighted by atomic mass is 10.3. The number of hydrogen-bond acceptors (Lipinski definition) is 6. The van der Waals surface area contributed by atoms with Gasteiger partial charge in [-0.2, -0.15) is 0 Å². The Bertz CT molecular complexity index is 1030. The highest BCUT2D eigenvalue weighted by atomic mass is 32.2. The van der Waals surface area contributed by atoms with Crippen LogP contribution in [0.1, 0.15) is 15.4 Å². The molecule has 130 valence electrons. The Morgan fingerprint density at radius 1 is 1.28 bits per heavy atom. The first-order valence-corrected chi connectivity index (χ1v) is 9.32. The Balaban J connectivity index is 1.78. The van der Waals surface area contributed by atoms with Gasteiger partial charge in [0.05, 0.1) is 15.5 Å². The molecule has 7 nitrogen and oxygen atoms in total. The minimum atomic E-state index is -4.01. The van der Waals surface area contributed by atoms with E-state index in [0.717, 1.165) is 17.4 Å². The van der Waals surface area contributed by atoms with Crippen LogP contribution in [0.2, 0.25) is 0 Å². The molecular weight excluding hydrogens is 369 g/mol. The number of halogens is 1. The average Bonchev–Trinajstić information content (AvgIpc) is 3.19. The molecule has 0 bridgehead atoms. The average molecular weight is 381 g/mol. The molecule has 0 aliphatic rings. The molecule has 2 N–H and O–H groups in total. The van der Waals surface area contributed by atoms with E-state index in [1.165, 1.54) is 35.7 Å². The van der Waals surface area contributed by atoms with Crippen LogP contribution < -0.4 is 10.0 Å². The van der Waals surface area contributed by atoms with Crippen molar-refractivity contribution >= 4 is 38.8 Å². The quantitative estimate of drug-likeness (QED) is 0.706. The van der Waals surface area contributed by atoms with Gasteiger partial charge < -0.3 is 9.84 Å². The molecule has 3 rings (SSSR count). The van der Waals surface area contributed by atoms with Gasteiger partial charge in [0.2, 0.25) is 0 Å². The molecule has 0 unspecified atom stereocenters. The summed E-state index contributed by atoms with van der Waals surface area (Å²) in [6.07, 6.45) is 0. The maximum atomic E-state index is 13.6. The molecule has 10 heteroatoms. The standard InChI is InChI=1S/C15H12FN3O4S2/c1-9-6-14(18-23-9)17-15(20)13-7-10(8-24-13)25(21,22)19-12-5-3-2-4-11(12)16/h2-8,19H,1H3,(H,17,18,20). The topological polar surface area (TPSA) is 101 Å². The number of carbonyl (C=O) groups is 1. The lowest BCUT2D eigenvalue weighted by Gasteiger charge is -2.06. The molecule has 0 radical (unpaired) electrons. The van der Waals surface area contributed by atoms with Gasteiger partial charge in [-0.05, 0) is 25.1 Å². The molecule has 0 aliphatic carbocycles. The molecule has 0 spiro atoms. The van der Waals surface area contributed by atoms with E-state index in [2.05, 4.69) is 15.2 Å². The lowest BCUT2D eigenvalue weighted by molar-refractivity contribution is 0.102. The van der Waals surface area contributed by atoms with Crippen LogP contribution in [-0.4, -0.2) is 19.5 Å². The molecule has 25 heavy (non-hydrogen) atoms. The van der Waals surface area contributed by atoms with Gasteiger partial charge in [-0.1, -0.05) is 17.3 Å². The third-order valence-corrected chi connectivity index (χ3v) is 5.52. The van der Waals surface area contributed by atoms with E-state index in [4.69, 9.17) is 4.52 Å². The predicted molar refractivity (Wildman–Crippen MR) is 90.7 cm³/mol. The van der Waals surface area contributed by atoms with Crippen LogP contribution in [0.25, 0.3) is 0 Å². The monoisotopic (exact) mass is 381 g/mol. The van der Waals surface area contributed by atoms with E-state index in [0.29, 0.717) is 5.76 Å². The van der Waals surface area contributed by atoms with E-state index in [1.807, 2.05) is 0 Å². The summed E-state index contributed by atoms with van der Waals surface area (Å²) in [7, 11) is -4.01. The minimum Gasteiger partial charge on any atom is -0.360 e. The number of aromatic nitrogens is 1. The van der Waals surface area contributed by atoms with Crippen molar-refractivity contribution in [3.05, 3.63) is 58.2 Å². The maximum absolute atomic E-state index is 13.6. The van der Waals surface area contributed by atoms with E-state index < -0.39 is 21.7 Å². The number of nitrogens with zero attached hydrogens (tertiary/aromatic N) is 1. The first-order chi connectivity index (χ1) is 11.8. The first-order valence-electron chi connectivity index (χ1n) is 6.96. The van der Waals surface area contributed by atoms with Crippen molar-refractivity contribution in [2.24, 2.45) is 0 Å². The van der Waals surface area contributed by atoms with Crippen molar-refractivity contribution in [2.75, 3.05) is 10.0 Å². The lowest BCUT2D eigenvalue weighted by Crippen LogP contribution is -2.14. The Labute approximate surface area is 146 Å². The van der Waals surface area contributed by atoms with Crippen LogP contribution in [0, 0.1) is 12.7 Å². The highest BCUT2D eigenvalue weighted by Crippen LogP contribution is 2.24. The van der Waals surface area contributed by atoms with E-state index in [-0.39, 0.29) is 21.3 Å². The van der Waals surface area contributed by atoms with Crippen molar-refractivity contribution in [1.82, 2.24) is 5.16 Å². The van der Waals surface area contributed by atoms with Gasteiger partial charge in [0.25, 0.3) is 15.9 Å². The second-order valence-electron chi connectivity index (χ2n) is 5.01. The third kappa shape index (κ3) is 3.86. The van der Waals surface area contributed by atoms with E-state index >= 15 is 0 Å².